The van der Waals surface area contributed by atoms with Gasteiger partial charge in [-0.3, -0.25) is 0 Å². The fraction of sp³-hybridized carbons (Fsp3) is 0.125. The zero-order chi connectivity index (χ0) is 22.8. The van der Waals surface area contributed by atoms with Crippen molar-refractivity contribution < 1.29 is 22.6 Å². The average Bonchev–Trinajstić information content (AvgIpc) is 2.82. The van der Waals surface area contributed by atoms with Crippen LogP contribution in [0.5, 0.6) is 17.2 Å². The summed E-state index contributed by atoms with van der Waals surface area (Å²) in [7, 11) is -1.13. The highest BCUT2D eigenvalue weighted by atomic mass is 32.2. The molecule has 0 radical (unpaired) electrons. The summed E-state index contributed by atoms with van der Waals surface area (Å²) in [6.07, 6.45) is 5.26. The van der Waals surface area contributed by atoms with Crippen molar-refractivity contribution in [2.24, 2.45) is 5.10 Å². The molecule has 7 nitrogen and oxygen atoms in total. The minimum atomic E-state index is -3.98. The first kappa shape index (κ1) is 22.9. The van der Waals surface area contributed by atoms with Gasteiger partial charge in [-0.2, -0.15) is 18.4 Å². The average molecular weight is 453 g/mol. The van der Waals surface area contributed by atoms with E-state index in [-0.39, 0.29) is 10.6 Å². The van der Waals surface area contributed by atoms with Gasteiger partial charge < -0.3 is 14.2 Å². The second-order valence-electron chi connectivity index (χ2n) is 6.53. The lowest BCUT2D eigenvalue weighted by atomic mass is 10.2. The van der Waals surface area contributed by atoms with Gasteiger partial charge >= 0.3 is 0 Å². The topological polar surface area (TPSA) is 86.2 Å². The minimum Gasteiger partial charge on any atom is -0.497 e. The van der Waals surface area contributed by atoms with Crippen molar-refractivity contribution in [3.63, 3.8) is 0 Å². The Balaban J connectivity index is 1.69. The molecule has 3 aromatic rings. The number of hydrogen-bond donors (Lipinski definition) is 1. The fourth-order valence-corrected chi connectivity index (χ4v) is 3.79. The number of methoxy groups -OCH3 is 2. The number of hydrazone groups is 1. The number of ether oxygens (including phenoxy) is 3. The summed E-state index contributed by atoms with van der Waals surface area (Å²) in [5, 5.41) is 3.90. The van der Waals surface area contributed by atoms with Gasteiger partial charge in [0.25, 0.3) is 10.0 Å². The van der Waals surface area contributed by atoms with Crippen LogP contribution in [0.2, 0.25) is 0 Å². The number of hydrogen-bond acceptors (Lipinski definition) is 6. The van der Waals surface area contributed by atoms with Crippen molar-refractivity contribution in [3.05, 3.63) is 90.0 Å². The standard InChI is InChI=1S/C24H24N2O5S/c1-29-21-14-15-23(30-2)24(17-21)32(27,28)26-25-18-20-12-6-7-13-22(20)31-16-8-11-19-9-4-3-5-10-19/h3-15,17-18,26H,16H2,1-2H3/b11-8+,25-18-. The fourth-order valence-electron chi connectivity index (χ4n) is 2.81. The van der Waals surface area contributed by atoms with Gasteiger partial charge in [-0.1, -0.05) is 48.5 Å². The smallest absolute Gasteiger partial charge is 0.280 e. The van der Waals surface area contributed by atoms with Crippen molar-refractivity contribution in [1.82, 2.24) is 4.83 Å². The summed E-state index contributed by atoms with van der Waals surface area (Å²) in [6.45, 7) is 0.354. The normalized spacial score (nSPS) is 11.6. The first-order valence-corrected chi connectivity index (χ1v) is 11.2. The number of benzene rings is 3. The highest BCUT2D eigenvalue weighted by Gasteiger charge is 2.20. The van der Waals surface area contributed by atoms with Gasteiger partial charge in [0.05, 0.1) is 20.4 Å². The first-order chi connectivity index (χ1) is 15.5. The third kappa shape index (κ3) is 6.12. The Morgan fingerprint density at radius 2 is 1.66 bits per heavy atom. The number of nitrogens with one attached hydrogen (secondary N) is 1. The quantitative estimate of drug-likeness (QED) is 0.370. The van der Waals surface area contributed by atoms with Crippen molar-refractivity contribution in [2.75, 3.05) is 20.8 Å². The molecular weight excluding hydrogens is 428 g/mol. The van der Waals surface area contributed by atoms with E-state index in [0.29, 0.717) is 23.7 Å². The summed E-state index contributed by atoms with van der Waals surface area (Å²) < 4.78 is 41.5. The molecule has 32 heavy (non-hydrogen) atoms. The van der Waals surface area contributed by atoms with E-state index in [1.807, 2.05) is 54.6 Å². The predicted molar refractivity (Wildman–Crippen MR) is 125 cm³/mol. The molecule has 0 bridgehead atoms. The molecule has 0 atom stereocenters. The maximum Gasteiger partial charge on any atom is 0.280 e. The molecule has 0 amide bonds. The second-order valence-corrected chi connectivity index (χ2v) is 8.16. The highest BCUT2D eigenvalue weighted by molar-refractivity contribution is 7.89. The van der Waals surface area contributed by atoms with Gasteiger partial charge in [-0.05, 0) is 35.9 Å². The Labute approximate surface area is 188 Å². The van der Waals surface area contributed by atoms with E-state index in [1.54, 1.807) is 18.2 Å². The van der Waals surface area contributed by atoms with E-state index in [4.69, 9.17) is 14.2 Å². The number of rotatable bonds is 10. The van der Waals surface area contributed by atoms with E-state index < -0.39 is 10.0 Å². The van der Waals surface area contributed by atoms with Crippen molar-refractivity contribution in [2.45, 2.75) is 4.90 Å². The lowest BCUT2D eigenvalue weighted by Gasteiger charge is -2.10. The van der Waals surface area contributed by atoms with E-state index in [2.05, 4.69) is 9.93 Å². The molecular formula is C24H24N2O5S. The van der Waals surface area contributed by atoms with Crippen LogP contribution in [0.25, 0.3) is 6.08 Å². The second kappa shape index (κ2) is 11.0. The van der Waals surface area contributed by atoms with E-state index in [0.717, 1.165) is 5.56 Å². The molecule has 166 valence electrons. The molecule has 0 spiro atoms. The molecule has 0 saturated carbocycles. The summed E-state index contributed by atoms with van der Waals surface area (Å²) >= 11 is 0. The van der Waals surface area contributed by atoms with Crippen LogP contribution < -0.4 is 19.0 Å². The summed E-state index contributed by atoms with van der Waals surface area (Å²) in [4.78, 5) is 2.13. The molecule has 0 fully saturated rings. The maximum absolute atomic E-state index is 12.7. The van der Waals surface area contributed by atoms with Crippen LogP contribution in [-0.4, -0.2) is 35.5 Å². The SMILES string of the molecule is COc1ccc(OC)c(S(=O)(=O)N/N=C\c2ccccc2OC/C=C/c2ccccc2)c1. The molecule has 3 aromatic carbocycles. The van der Waals surface area contributed by atoms with Crippen LogP contribution in [0.1, 0.15) is 11.1 Å². The Hall–Kier alpha value is -3.78. The van der Waals surface area contributed by atoms with E-state index in [1.165, 1.54) is 32.6 Å². The molecule has 8 heteroatoms. The molecule has 0 aromatic heterocycles. The lowest BCUT2D eigenvalue weighted by Crippen LogP contribution is -2.19. The monoisotopic (exact) mass is 452 g/mol. The Kier molecular flexibility index (Phi) is 7.88. The van der Waals surface area contributed by atoms with E-state index >= 15 is 0 Å². The van der Waals surface area contributed by atoms with Crippen LogP contribution in [0.15, 0.2) is 88.9 Å². The highest BCUT2D eigenvalue weighted by Crippen LogP contribution is 2.28. The lowest BCUT2D eigenvalue weighted by molar-refractivity contribution is 0.363. The van der Waals surface area contributed by atoms with Gasteiger partial charge in [0.2, 0.25) is 0 Å². The Morgan fingerprint density at radius 1 is 0.906 bits per heavy atom. The van der Waals surface area contributed by atoms with Crippen molar-refractivity contribution in [1.29, 1.82) is 0 Å². The molecule has 0 heterocycles. The summed E-state index contributed by atoms with van der Waals surface area (Å²) in [5.74, 6) is 1.15. The Bertz CT molecular complexity index is 1190. The third-order valence-corrected chi connectivity index (χ3v) is 5.64. The first-order valence-electron chi connectivity index (χ1n) is 9.74. The molecule has 3 rings (SSSR count). The number of nitrogens with zero attached hydrogens (tertiary/aromatic N) is 1. The number of para-hydroxylation sites is 1. The minimum absolute atomic E-state index is 0.0768. The maximum atomic E-state index is 12.7. The molecule has 0 unspecified atom stereocenters. The van der Waals surface area contributed by atoms with Crippen LogP contribution in [0.3, 0.4) is 0 Å². The summed E-state index contributed by atoms with van der Waals surface area (Å²) in [6, 6.07) is 21.6. The molecule has 0 saturated heterocycles. The van der Waals surface area contributed by atoms with Gasteiger partial charge in [0, 0.05) is 11.6 Å². The van der Waals surface area contributed by atoms with Crippen LogP contribution >= 0.6 is 0 Å². The van der Waals surface area contributed by atoms with Crippen LogP contribution in [0, 0.1) is 0 Å². The molecule has 1 N–H and O–H groups in total. The summed E-state index contributed by atoms with van der Waals surface area (Å²) in [5.41, 5.74) is 1.70. The molecule has 0 aliphatic rings. The van der Waals surface area contributed by atoms with Gasteiger partial charge in [0.15, 0.2) is 0 Å². The zero-order valence-corrected chi connectivity index (χ0v) is 18.6. The van der Waals surface area contributed by atoms with Crippen molar-refractivity contribution in [3.8, 4) is 17.2 Å². The van der Waals surface area contributed by atoms with Gasteiger partial charge in [0.1, 0.15) is 28.8 Å². The van der Waals surface area contributed by atoms with Gasteiger partial charge in [-0.15, -0.1) is 0 Å². The molecule has 0 aliphatic carbocycles. The molecule has 0 aliphatic heterocycles. The van der Waals surface area contributed by atoms with Gasteiger partial charge in [-0.25, -0.2) is 0 Å². The largest absolute Gasteiger partial charge is 0.497 e. The van der Waals surface area contributed by atoms with Crippen molar-refractivity contribution >= 4 is 22.3 Å². The number of sulfonamides is 1. The zero-order valence-electron chi connectivity index (χ0n) is 17.8. The van der Waals surface area contributed by atoms with Crippen LogP contribution in [0.4, 0.5) is 0 Å². The van der Waals surface area contributed by atoms with E-state index in [9.17, 15) is 8.42 Å². The Morgan fingerprint density at radius 3 is 2.41 bits per heavy atom. The predicted octanol–water partition coefficient (Wildman–Crippen LogP) is 4.11. The van der Waals surface area contributed by atoms with Crippen LogP contribution in [-0.2, 0) is 10.0 Å². The third-order valence-electron chi connectivity index (χ3n) is 4.40.